The minimum atomic E-state index is -3.49. The van der Waals surface area contributed by atoms with Crippen LogP contribution in [0.25, 0.3) is 10.2 Å². The van der Waals surface area contributed by atoms with Gasteiger partial charge in [0.25, 0.3) is 5.91 Å². The first-order valence-corrected chi connectivity index (χ1v) is 12.4. The van der Waals surface area contributed by atoms with Gasteiger partial charge in [0.05, 0.1) is 15.1 Å². The molecule has 1 amide bonds. The molecule has 0 spiro atoms. The number of aromatic nitrogens is 1. The van der Waals surface area contributed by atoms with Crippen molar-refractivity contribution >= 4 is 53.4 Å². The van der Waals surface area contributed by atoms with Crippen molar-refractivity contribution in [1.82, 2.24) is 8.87 Å². The molecule has 1 aromatic heterocycles. The Balaban J connectivity index is 1.66. The minimum Gasteiger partial charge on any atom is -0.317 e. The molecule has 0 bridgehead atoms. The summed E-state index contributed by atoms with van der Waals surface area (Å²) in [5.41, 5.74) is 1.39. The topological polar surface area (TPSA) is 71.7 Å². The standard InChI is InChI=1S/C20H20BrN3O3S2/c1-2-24-17-10-7-15(21)13-18(17)28-20(24)22-19(25)14-5-8-16(9-6-14)29(26,27)23-11-3-4-12-23/h5-10,13H,2-4,11-12H2,1H3. The fourth-order valence-corrected chi connectivity index (χ4v) is 6.60. The number of halogens is 1. The van der Waals surface area contributed by atoms with E-state index in [1.165, 1.54) is 39.9 Å². The Morgan fingerprint density at radius 3 is 2.48 bits per heavy atom. The normalized spacial score (nSPS) is 16.0. The fourth-order valence-electron chi connectivity index (χ4n) is 3.44. The summed E-state index contributed by atoms with van der Waals surface area (Å²) in [4.78, 5) is 17.8. The van der Waals surface area contributed by atoms with E-state index >= 15 is 0 Å². The van der Waals surface area contributed by atoms with Gasteiger partial charge in [0.1, 0.15) is 0 Å². The molecule has 152 valence electrons. The highest BCUT2D eigenvalue weighted by Gasteiger charge is 2.27. The van der Waals surface area contributed by atoms with E-state index in [1.54, 1.807) is 0 Å². The number of hydrogen-bond acceptors (Lipinski definition) is 4. The van der Waals surface area contributed by atoms with Crippen molar-refractivity contribution in [2.24, 2.45) is 4.99 Å². The van der Waals surface area contributed by atoms with Crippen LogP contribution in [0, 0.1) is 0 Å². The molecule has 0 saturated carbocycles. The highest BCUT2D eigenvalue weighted by Crippen LogP contribution is 2.23. The predicted molar refractivity (Wildman–Crippen MR) is 118 cm³/mol. The molecule has 4 rings (SSSR count). The van der Waals surface area contributed by atoms with Crippen molar-refractivity contribution < 1.29 is 13.2 Å². The van der Waals surface area contributed by atoms with Crippen molar-refractivity contribution in [3.8, 4) is 0 Å². The van der Waals surface area contributed by atoms with Gasteiger partial charge < -0.3 is 4.57 Å². The van der Waals surface area contributed by atoms with Gasteiger partial charge in [-0.2, -0.15) is 9.30 Å². The summed E-state index contributed by atoms with van der Waals surface area (Å²) < 4.78 is 30.8. The Kier molecular flexibility index (Phi) is 5.74. The quantitative estimate of drug-likeness (QED) is 0.550. The smallest absolute Gasteiger partial charge is 0.279 e. The number of rotatable bonds is 4. The van der Waals surface area contributed by atoms with Crippen LogP contribution in [-0.4, -0.2) is 36.3 Å². The van der Waals surface area contributed by atoms with Crippen LogP contribution < -0.4 is 4.80 Å². The van der Waals surface area contributed by atoms with Gasteiger partial charge in [-0.05, 0) is 62.2 Å². The number of thiazole rings is 1. The van der Waals surface area contributed by atoms with Crippen molar-refractivity contribution in [3.05, 3.63) is 57.3 Å². The summed E-state index contributed by atoms with van der Waals surface area (Å²) in [6.07, 6.45) is 1.77. The van der Waals surface area contributed by atoms with Crippen LogP contribution >= 0.6 is 27.3 Å². The summed E-state index contributed by atoms with van der Waals surface area (Å²) in [6.45, 7) is 3.81. The van der Waals surface area contributed by atoms with Gasteiger partial charge in [-0.3, -0.25) is 4.79 Å². The molecule has 0 N–H and O–H groups in total. The Hall–Kier alpha value is -1.81. The molecule has 1 saturated heterocycles. The highest BCUT2D eigenvalue weighted by molar-refractivity contribution is 9.10. The van der Waals surface area contributed by atoms with Crippen LogP contribution in [-0.2, 0) is 16.6 Å². The number of nitrogens with zero attached hydrogens (tertiary/aromatic N) is 3. The third-order valence-electron chi connectivity index (χ3n) is 4.96. The first kappa shape index (κ1) is 20.5. The molecule has 29 heavy (non-hydrogen) atoms. The van der Waals surface area contributed by atoms with E-state index in [0.717, 1.165) is 27.5 Å². The van der Waals surface area contributed by atoms with Crippen molar-refractivity contribution in [3.63, 3.8) is 0 Å². The maximum absolute atomic E-state index is 12.7. The van der Waals surface area contributed by atoms with E-state index < -0.39 is 10.0 Å². The van der Waals surface area contributed by atoms with Crippen molar-refractivity contribution in [2.75, 3.05) is 13.1 Å². The molecule has 1 aliphatic rings. The number of fused-ring (bicyclic) bond motifs is 1. The van der Waals surface area contributed by atoms with Crippen LogP contribution in [0.1, 0.15) is 30.1 Å². The van der Waals surface area contributed by atoms with Crippen LogP contribution in [0.3, 0.4) is 0 Å². The molecule has 0 aliphatic carbocycles. The molecule has 1 fully saturated rings. The SMILES string of the molecule is CCn1c(=NC(=O)c2ccc(S(=O)(=O)N3CCCC3)cc2)sc2cc(Br)ccc21. The van der Waals surface area contributed by atoms with Gasteiger partial charge in [-0.15, -0.1) is 0 Å². The first-order chi connectivity index (χ1) is 13.9. The van der Waals surface area contributed by atoms with Gasteiger partial charge in [0, 0.05) is 29.7 Å². The largest absolute Gasteiger partial charge is 0.317 e. The summed E-state index contributed by atoms with van der Waals surface area (Å²) in [6, 6.07) is 12.0. The highest BCUT2D eigenvalue weighted by atomic mass is 79.9. The lowest BCUT2D eigenvalue weighted by Crippen LogP contribution is -2.27. The molecule has 3 aromatic rings. The zero-order chi connectivity index (χ0) is 20.6. The number of aryl methyl sites for hydroxylation is 1. The molecule has 6 nitrogen and oxygen atoms in total. The van der Waals surface area contributed by atoms with Gasteiger partial charge in [-0.1, -0.05) is 27.3 Å². The summed E-state index contributed by atoms with van der Waals surface area (Å²) in [7, 11) is -3.49. The number of carbonyl (C=O) groups excluding carboxylic acids is 1. The van der Waals surface area contributed by atoms with Gasteiger partial charge >= 0.3 is 0 Å². The number of sulfonamides is 1. The number of benzene rings is 2. The Morgan fingerprint density at radius 2 is 1.83 bits per heavy atom. The van der Waals surface area contributed by atoms with Gasteiger partial charge in [0.2, 0.25) is 10.0 Å². The predicted octanol–water partition coefficient (Wildman–Crippen LogP) is 4.01. The molecular formula is C20H20BrN3O3S2. The fraction of sp³-hybridized carbons (Fsp3) is 0.300. The monoisotopic (exact) mass is 493 g/mol. The van der Waals surface area contributed by atoms with E-state index in [4.69, 9.17) is 0 Å². The zero-order valence-corrected chi connectivity index (χ0v) is 19.1. The molecule has 0 unspecified atom stereocenters. The lowest BCUT2D eigenvalue weighted by molar-refractivity contribution is 0.0997. The molecular weight excluding hydrogens is 474 g/mol. The van der Waals surface area contributed by atoms with E-state index in [-0.39, 0.29) is 10.8 Å². The summed E-state index contributed by atoms with van der Waals surface area (Å²) in [5, 5.41) is 0. The molecule has 9 heteroatoms. The first-order valence-electron chi connectivity index (χ1n) is 9.38. The molecule has 0 radical (unpaired) electrons. The molecule has 0 atom stereocenters. The second-order valence-electron chi connectivity index (χ2n) is 6.79. The van der Waals surface area contributed by atoms with E-state index in [2.05, 4.69) is 20.9 Å². The third-order valence-corrected chi connectivity index (χ3v) is 8.41. The van der Waals surface area contributed by atoms with E-state index in [9.17, 15) is 13.2 Å². The zero-order valence-electron chi connectivity index (χ0n) is 15.8. The minimum absolute atomic E-state index is 0.214. The van der Waals surface area contributed by atoms with Crippen LogP contribution in [0.5, 0.6) is 0 Å². The van der Waals surface area contributed by atoms with Gasteiger partial charge in [-0.25, -0.2) is 8.42 Å². The Morgan fingerprint density at radius 1 is 1.14 bits per heavy atom. The number of carbonyl (C=O) groups is 1. The second-order valence-corrected chi connectivity index (χ2v) is 10.7. The van der Waals surface area contributed by atoms with Crippen LogP contribution in [0.2, 0.25) is 0 Å². The van der Waals surface area contributed by atoms with Crippen LogP contribution in [0.4, 0.5) is 0 Å². The summed E-state index contributed by atoms with van der Waals surface area (Å²) >= 11 is 4.92. The van der Waals surface area contributed by atoms with Crippen molar-refractivity contribution in [2.45, 2.75) is 31.2 Å². The number of hydrogen-bond donors (Lipinski definition) is 0. The van der Waals surface area contributed by atoms with Crippen LogP contribution in [0.15, 0.2) is 56.8 Å². The average molecular weight is 494 g/mol. The number of amides is 1. The van der Waals surface area contributed by atoms with E-state index in [1.807, 2.05) is 29.7 Å². The molecule has 2 heterocycles. The van der Waals surface area contributed by atoms with Crippen molar-refractivity contribution in [1.29, 1.82) is 0 Å². The van der Waals surface area contributed by atoms with E-state index in [0.29, 0.717) is 30.0 Å². The maximum atomic E-state index is 12.7. The second kappa shape index (κ2) is 8.14. The maximum Gasteiger partial charge on any atom is 0.279 e. The Labute approximate surface area is 181 Å². The molecule has 1 aliphatic heterocycles. The third kappa shape index (κ3) is 3.96. The molecule has 2 aromatic carbocycles. The average Bonchev–Trinajstić information content (AvgIpc) is 3.35. The van der Waals surface area contributed by atoms with Gasteiger partial charge in [0.15, 0.2) is 4.80 Å². The summed E-state index contributed by atoms with van der Waals surface area (Å²) in [5.74, 6) is -0.386. The lowest BCUT2D eigenvalue weighted by atomic mass is 10.2. The lowest BCUT2D eigenvalue weighted by Gasteiger charge is -2.15. The Bertz CT molecular complexity index is 1240.